The van der Waals surface area contributed by atoms with Gasteiger partial charge in [-0.2, -0.15) is 0 Å². The van der Waals surface area contributed by atoms with Crippen LogP contribution in [0.2, 0.25) is 5.02 Å². The molecule has 0 saturated carbocycles. The molecule has 27 heavy (non-hydrogen) atoms. The third kappa shape index (κ3) is 5.20. The van der Waals surface area contributed by atoms with Crippen LogP contribution in [0.15, 0.2) is 35.3 Å². The predicted octanol–water partition coefficient (Wildman–Crippen LogP) is 3.81. The van der Waals surface area contributed by atoms with E-state index in [9.17, 15) is 19.5 Å². The van der Waals surface area contributed by atoms with E-state index in [0.29, 0.717) is 16.1 Å². The number of aromatic nitrogens is 1. The number of esters is 1. The Morgan fingerprint density at radius 3 is 2.44 bits per heavy atom. The first kappa shape index (κ1) is 20.7. The Balaban J connectivity index is 2.47. The lowest BCUT2D eigenvalue weighted by Gasteiger charge is -2.20. The number of nitrogens with zero attached hydrogens (tertiary/aromatic N) is 1. The molecule has 2 rings (SSSR count). The van der Waals surface area contributed by atoms with Crippen LogP contribution in [0.1, 0.15) is 44.5 Å². The van der Waals surface area contributed by atoms with Crippen LogP contribution in [0.25, 0.3) is 11.1 Å². The molecule has 0 radical (unpaired) electrons. The zero-order chi connectivity index (χ0) is 20.4. The Bertz CT molecular complexity index is 940. The number of aromatic hydroxyl groups is 1. The van der Waals surface area contributed by atoms with Crippen molar-refractivity contribution in [2.45, 2.75) is 46.3 Å². The van der Waals surface area contributed by atoms with Crippen LogP contribution in [0, 0.1) is 0 Å². The van der Waals surface area contributed by atoms with Crippen molar-refractivity contribution in [2.24, 2.45) is 0 Å². The Labute approximate surface area is 162 Å². The molecule has 6 nitrogen and oxygen atoms in total. The number of Topliss-reactive ketones (excluding diaryl/α,β-unsaturated/α-hetero) is 1. The number of ether oxygens (including phenoxy) is 1. The number of rotatable bonds is 5. The van der Waals surface area contributed by atoms with Gasteiger partial charge in [-0.1, -0.05) is 18.5 Å². The molecular weight excluding hydrogens is 370 g/mol. The Morgan fingerprint density at radius 2 is 1.85 bits per heavy atom. The van der Waals surface area contributed by atoms with Crippen molar-refractivity contribution in [3.63, 3.8) is 0 Å². The zero-order valence-electron chi connectivity index (χ0n) is 15.7. The summed E-state index contributed by atoms with van der Waals surface area (Å²) in [6.45, 7) is 6.55. The normalized spacial score (nSPS) is 11.3. The van der Waals surface area contributed by atoms with E-state index in [1.54, 1.807) is 39.8 Å². The van der Waals surface area contributed by atoms with Crippen molar-refractivity contribution in [2.75, 3.05) is 0 Å². The van der Waals surface area contributed by atoms with Gasteiger partial charge in [-0.05, 0) is 44.5 Å². The van der Waals surface area contributed by atoms with Gasteiger partial charge in [-0.25, -0.2) is 0 Å². The highest BCUT2D eigenvalue weighted by Gasteiger charge is 2.19. The van der Waals surface area contributed by atoms with Crippen molar-refractivity contribution in [3.05, 3.63) is 51.4 Å². The highest BCUT2D eigenvalue weighted by molar-refractivity contribution is 6.31. The van der Waals surface area contributed by atoms with E-state index in [1.165, 1.54) is 12.1 Å². The first-order chi connectivity index (χ1) is 12.5. The van der Waals surface area contributed by atoms with Crippen molar-refractivity contribution in [1.29, 1.82) is 0 Å². The van der Waals surface area contributed by atoms with Crippen molar-refractivity contribution in [3.8, 4) is 16.9 Å². The minimum absolute atomic E-state index is 0.140. The quantitative estimate of drug-likeness (QED) is 0.618. The number of ketones is 1. The summed E-state index contributed by atoms with van der Waals surface area (Å²) in [5.74, 6) is -0.981. The topological polar surface area (TPSA) is 85.6 Å². The van der Waals surface area contributed by atoms with Gasteiger partial charge in [0, 0.05) is 28.6 Å². The zero-order valence-corrected chi connectivity index (χ0v) is 16.5. The van der Waals surface area contributed by atoms with E-state index < -0.39 is 17.1 Å². The molecule has 1 aromatic heterocycles. The van der Waals surface area contributed by atoms with Crippen LogP contribution in [0.3, 0.4) is 0 Å². The van der Waals surface area contributed by atoms with Crippen LogP contribution in [0.4, 0.5) is 0 Å². The highest BCUT2D eigenvalue weighted by Crippen LogP contribution is 2.33. The lowest BCUT2D eigenvalue weighted by atomic mass is 9.96. The van der Waals surface area contributed by atoms with Gasteiger partial charge < -0.3 is 14.4 Å². The maximum Gasteiger partial charge on any atom is 0.326 e. The molecule has 0 saturated heterocycles. The Kier molecular flexibility index (Phi) is 6.11. The highest BCUT2D eigenvalue weighted by atomic mass is 35.5. The average molecular weight is 392 g/mol. The van der Waals surface area contributed by atoms with Gasteiger partial charge in [0.25, 0.3) is 5.56 Å². The fourth-order valence-corrected chi connectivity index (χ4v) is 2.76. The smallest absolute Gasteiger partial charge is 0.326 e. The molecule has 7 heteroatoms. The second-order valence-electron chi connectivity index (χ2n) is 7.09. The van der Waals surface area contributed by atoms with Crippen LogP contribution in [-0.2, 0) is 16.1 Å². The molecule has 1 N–H and O–H groups in total. The Morgan fingerprint density at radius 1 is 1.19 bits per heavy atom. The largest absolute Gasteiger partial charge is 0.506 e. The molecule has 1 aromatic carbocycles. The summed E-state index contributed by atoms with van der Waals surface area (Å²) in [6.07, 6.45) is 1.42. The van der Waals surface area contributed by atoms with Gasteiger partial charge in [0.2, 0.25) is 0 Å². The molecule has 0 atom stereocenters. The molecule has 0 aliphatic rings. The molecule has 0 unspecified atom stereocenters. The van der Waals surface area contributed by atoms with Gasteiger partial charge in [-0.3, -0.25) is 14.4 Å². The molecule has 0 fully saturated rings. The molecule has 2 aromatic rings. The van der Waals surface area contributed by atoms with Crippen molar-refractivity contribution in [1.82, 2.24) is 4.57 Å². The summed E-state index contributed by atoms with van der Waals surface area (Å²) < 4.78 is 6.24. The van der Waals surface area contributed by atoms with E-state index in [1.807, 2.05) is 0 Å². The lowest BCUT2D eigenvalue weighted by molar-refractivity contribution is -0.155. The second-order valence-corrected chi connectivity index (χ2v) is 7.53. The molecule has 1 heterocycles. The molecule has 0 aliphatic carbocycles. The van der Waals surface area contributed by atoms with E-state index >= 15 is 0 Å². The lowest BCUT2D eigenvalue weighted by Crippen LogP contribution is -2.30. The van der Waals surface area contributed by atoms with Crippen LogP contribution in [0.5, 0.6) is 5.75 Å². The van der Waals surface area contributed by atoms with Gasteiger partial charge in [-0.15, -0.1) is 0 Å². The summed E-state index contributed by atoms with van der Waals surface area (Å²) in [4.78, 5) is 36.6. The average Bonchev–Trinajstić information content (AvgIpc) is 2.55. The van der Waals surface area contributed by atoms with Crippen molar-refractivity contribution >= 4 is 23.4 Å². The van der Waals surface area contributed by atoms with Gasteiger partial charge >= 0.3 is 5.97 Å². The first-order valence-corrected chi connectivity index (χ1v) is 8.88. The standard InChI is InChI=1S/C20H22ClNO5/c1-5-16(23)13-7-6-12(21)8-14(13)15-9-18(25)22(10-17(15)24)11-19(26)27-20(2,3)4/h6-10,24H,5,11H2,1-4H3. The summed E-state index contributed by atoms with van der Waals surface area (Å²) in [5, 5.41) is 10.8. The van der Waals surface area contributed by atoms with Crippen LogP contribution < -0.4 is 5.56 Å². The van der Waals surface area contributed by atoms with Crippen molar-refractivity contribution < 1.29 is 19.4 Å². The molecule has 0 spiro atoms. The van der Waals surface area contributed by atoms with E-state index in [2.05, 4.69) is 0 Å². The third-order valence-electron chi connectivity index (χ3n) is 3.72. The number of hydrogen-bond acceptors (Lipinski definition) is 5. The summed E-state index contributed by atoms with van der Waals surface area (Å²) in [6, 6.07) is 5.85. The number of halogens is 1. The SMILES string of the molecule is CCC(=O)c1ccc(Cl)cc1-c1cc(=O)n(CC(=O)OC(C)(C)C)cc1O. The fourth-order valence-electron chi connectivity index (χ4n) is 2.59. The van der Waals surface area contributed by atoms with Gasteiger partial charge in [0.05, 0.1) is 6.20 Å². The minimum Gasteiger partial charge on any atom is -0.506 e. The van der Waals surface area contributed by atoms with Crippen LogP contribution >= 0.6 is 11.6 Å². The Hall–Kier alpha value is -2.60. The van der Waals surface area contributed by atoms with Gasteiger partial charge in [0.15, 0.2) is 5.78 Å². The second kappa shape index (κ2) is 7.96. The first-order valence-electron chi connectivity index (χ1n) is 8.50. The molecule has 0 amide bonds. The maximum atomic E-state index is 12.4. The molecular formula is C20H22ClNO5. The monoisotopic (exact) mass is 391 g/mol. The number of benzene rings is 1. The summed E-state index contributed by atoms with van der Waals surface area (Å²) in [7, 11) is 0. The number of pyridine rings is 1. The molecule has 144 valence electrons. The number of carbonyl (C=O) groups is 2. The predicted molar refractivity (Wildman–Crippen MR) is 103 cm³/mol. The fraction of sp³-hybridized carbons (Fsp3) is 0.350. The van der Waals surface area contributed by atoms with Crippen LogP contribution in [-0.4, -0.2) is 27.0 Å². The molecule has 0 bridgehead atoms. The van der Waals surface area contributed by atoms with E-state index in [4.69, 9.17) is 16.3 Å². The van der Waals surface area contributed by atoms with E-state index in [0.717, 1.165) is 10.8 Å². The van der Waals surface area contributed by atoms with Gasteiger partial charge in [0.1, 0.15) is 17.9 Å². The van der Waals surface area contributed by atoms with E-state index in [-0.39, 0.29) is 30.1 Å². The third-order valence-corrected chi connectivity index (χ3v) is 3.95. The molecule has 0 aliphatic heterocycles. The number of carbonyl (C=O) groups excluding carboxylic acids is 2. The minimum atomic E-state index is -0.682. The summed E-state index contributed by atoms with van der Waals surface area (Å²) in [5.41, 5.74) is -0.281. The maximum absolute atomic E-state index is 12.4. The summed E-state index contributed by atoms with van der Waals surface area (Å²) >= 11 is 6.03. The number of hydrogen-bond donors (Lipinski definition) is 1.